The topological polar surface area (TPSA) is 127 Å². The maximum absolute atomic E-state index is 13.8. The molecule has 1 unspecified atom stereocenters. The Morgan fingerprint density at radius 3 is 2.34 bits per heavy atom. The summed E-state index contributed by atoms with van der Waals surface area (Å²) in [5.74, 6) is -1.14. The highest BCUT2D eigenvalue weighted by atomic mass is 35.5. The Kier molecular flexibility index (Phi) is 7.38. The van der Waals surface area contributed by atoms with E-state index in [0.717, 1.165) is 16.4 Å². The molecular weight excluding hydrogens is 571 g/mol. The van der Waals surface area contributed by atoms with Crippen molar-refractivity contribution in [3.8, 4) is 0 Å². The molecule has 1 aromatic heterocycles. The van der Waals surface area contributed by atoms with E-state index in [-0.39, 0.29) is 9.92 Å². The molecule has 0 fully saturated rings. The van der Waals surface area contributed by atoms with Crippen molar-refractivity contribution in [3.05, 3.63) is 70.5 Å². The number of carbonyl (C=O) groups is 1. The molecule has 38 heavy (non-hydrogen) atoms. The van der Waals surface area contributed by atoms with Crippen LogP contribution in [0.5, 0.6) is 0 Å². The lowest BCUT2D eigenvalue weighted by molar-refractivity contribution is -0.138. The Morgan fingerprint density at radius 1 is 1.11 bits per heavy atom. The third-order valence-corrected chi connectivity index (χ3v) is 10.1. The van der Waals surface area contributed by atoms with Gasteiger partial charge in [0.1, 0.15) is 6.54 Å². The molecule has 1 atom stereocenters. The van der Waals surface area contributed by atoms with Gasteiger partial charge in [-0.25, -0.2) is 16.8 Å². The average Bonchev–Trinajstić information content (AvgIpc) is 3.25. The zero-order valence-corrected chi connectivity index (χ0v) is 22.1. The zero-order chi connectivity index (χ0) is 28.0. The number of sulfone groups is 1. The number of sulfonamides is 1. The zero-order valence-electron chi connectivity index (χ0n) is 19.7. The van der Waals surface area contributed by atoms with E-state index in [1.807, 2.05) is 0 Å². The normalized spacial score (nSPS) is 16.4. The molecule has 204 valence electrons. The molecular formula is C23H21ClF3N3O6S2. The van der Waals surface area contributed by atoms with Gasteiger partial charge in [0, 0.05) is 23.3 Å². The third-order valence-electron chi connectivity index (χ3n) is 6.27. The SMILES string of the molecule is CN(C1CCCc2c1cnn2CC(=O)O)S(=O)(=O)c1cc(C(F)(F)F)cc(S(=O)(=O)c2ccc(Cl)cc2)c1. The highest BCUT2D eigenvalue weighted by Crippen LogP contribution is 2.39. The number of carboxylic acids is 1. The molecule has 1 aliphatic rings. The van der Waals surface area contributed by atoms with Crippen LogP contribution in [0.3, 0.4) is 0 Å². The number of alkyl halides is 3. The number of halogens is 4. The van der Waals surface area contributed by atoms with Crippen LogP contribution in [-0.4, -0.2) is 49.0 Å². The van der Waals surface area contributed by atoms with Gasteiger partial charge in [-0.3, -0.25) is 9.48 Å². The average molecular weight is 592 g/mol. The lowest BCUT2D eigenvalue weighted by Gasteiger charge is -2.31. The summed E-state index contributed by atoms with van der Waals surface area (Å²) in [6.07, 6.45) is -2.47. The molecule has 2 aromatic carbocycles. The summed E-state index contributed by atoms with van der Waals surface area (Å²) in [4.78, 5) is 9.08. The lowest BCUT2D eigenvalue weighted by Crippen LogP contribution is -2.33. The van der Waals surface area contributed by atoms with Gasteiger partial charge < -0.3 is 5.11 Å². The van der Waals surface area contributed by atoms with Crippen LogP contribution in [0, 0.1) is 0 Å². The first-order valence-electron chi connectivity index (χ1n) is 11.1. The number of benzene rings is 2. The van der Waals surface area contributed by atoms with E-state index < -0.39 is 59.9 Å². The number of hydrogen-bond acceptors (Lipinski definition) is 6. The van der Waals surface area contributed by atoms with Crippen LogP contribution in [0.4, 0.5) is 13.2 Å². The Morgan fingerprint density at radius 2 is 1.74 bits per heavy atom. The van der Waals surface area contributed by atoms with Crippen molar-refractivity contribution in [1.82, 2.24) is 14.1 Å². The van der Waals surface area contributed by atoms with E-state index in [1.54, 1.807) is 0 Å². The summed E-state index contributed by atoms with van der Waals surface area (Å²) in [6.45, 7) is -0.432. The highest BCUT2D eigenvalue weighted by Gasteiger charge is 2.38. The van der Waals surface area contributed by atoms with Crippen LogP contribution in [0.2, 0.25) is 5.02 Å². The summed E-state index contributed by atoms with van der Waals surface area (Å²) in [5.41, 5.74) is -0.497. The van der Waals surface area contributed by atoms with Gasteiger partial charge in [0.2, 0.25) is 19.9 Å². The largest absolute Gasteiger partial charge is 0.480 e. The van der Waals surface area contributed by atoms with E-state index in [9.17, 15) is 34.8 Å². The van der Waals surface area contributed by atoms with Gasteiger partial charge in [-0.1, -0.05) is 11.6 Å². The van der Waals surface area contributed by atoms with Crippen LogP contribution < -0.4 is 0 Å². The molecule has 3 aromatic rings. The number of fused-ring (bicyclic) bond motifs is 1. The van der Waals surface area contributed by atoms with Gasteiger partial charge in [0.15, 0.2) is 0 Å². The van der Waals surface area contributed by atoms with Crippen LogP contribution in [0.25, 0.3) is 0 Å². The molecule has 0 spiro atoms. The van der Waals surface area contributed by atoms with Gasteiger partial charge in [-0.2, -0.15) is 22.6 Å². The fraction of sp³-hybridized carbons (Fsp3) is 0.304. The third kappa shape index (κ3) is 5.30. The molecule has 15 heteroatoms. The molecule has 0 radical (unpaired) electrons. The summed E-state index contributed by atoms with van der Waals surface area (Å²) >= 11 is 5.79. The van der Waals surface area contributed by atoms with E-state index in [2.05, 4.69) is 5.10 Å². The standard InChI is InChI=1S/C23H21ClF3N3O6S2/c1-29(20-3-2-4-21-19(20)12-28-30(21)13-22(31)32)38(35,36)18-10-14(23(25,26)27)9-17(11-18)37(33,34)16-7-5-15(24)6-8-16/h5-12,20H,2-4,13H2,1H3,(H,31,32). The molecule has 1 heterocycles. The fourth-order valence-corrected chi connectivity index (χ4v) is 7.33. The Bertz CT molecular complexity index is 1600. The number of rotatable bonds is 7. The van der Waals surface area contributed by atoms with E-state index in [4.69, 9.17) is 16.7 Å². The van der Waals surface area contributed by atoms with Gasteiger partial charge in [0.05, 0.1) is 32.5 Å². The molecule has 0 bridgehead atoms. The van der Waals surface area contributed by atoms with Crippen molar-refractivity contribution in [2.24, 2.45) is 0 Å². The molecule has 0 aliphatic heterocycles. The van der Waals surface area contributed by atoms with Gasteiger partial charge in [0.25, 0.3) is 0 Å². The predicted octanol–water partition coefficient (Wildman–Crippen LogP) is 4.17. The Hall–Kier alpha value is -2.94. The van der Waals surface area contributed by atoms with Gasteiger partial charge >= 0.3 is 12.1 Å². The van der Waals surface area contributed by atoms with E-state index >= 15 is 0 Å². The Balaban J connectivity index is 1.81. The Labute approximate surface area is 221 Å². The van der Waals surface area contributed by atoms with Crippen molar-refractivity contribution >= 4 is 37.4 Å². The first kappa shape index (κ1) is 28.1. The minimum Gasteiger partial charge on any atom is -0.480 e. The molecule has 0 saturated carbocycles. The maximum Gasteiger partial charge on any atom is 0.416 e. The minimum absolute atomic E-state index is 0.205. The van der Waals surface area contributed by atoms with E-state index in [0.29, 0.717) is 48.7 Å². The first-order valence-corrected chi connectivity index (χ1v) is 14.4. The molecule has 1 aliphatic carbocycles. The first-order chi connectivity index (χ1) is 17.6. The van der Waals surface area contributed by atoms with Crippen molar-refractivity contribution in [3.63, 3.8) is 0 Å². The smallest absolute Gasteiger partial charge is 0.416 e. The predicted molar refractivity (Wildman–Crippen MR) is 129 cm³/mol. The van der Waals surface area contributed by atoms with Crippen LogP contribution >= 0.6 is 11.6 Å². The van der Waals surface area contributed by atoms with Crippen LogP contribution in [0.15, 0.2) is 63.3 Å². The lowest BCUT2D eigenvalue weighted by atomic mass is 9.93. The second kappa shape index (κ2) is 9.98. The summed E-state index contributed by atoms with van der Waals surface area (Å²) in [6, 6.07) is 5.34. The fourth-order valence-electron chi connectivity index (χ4n) is 4.36. The molecule has 9 nitrogen and oxygen atoms in total. The highest BCUT2D eigenvalue weighted by molar-refractivity contribution is 7.91. The number of aromatic nitrogens is 2. The van der Waals surface area contributed by atoms with Crippen molar-refractivity contribution < 1.29 is 39.9 Å². The minimum atomic E-state index is -5.04. The monoisotopic (exact) mass is 591 g/mol. The second-order valence-corrected chi connectivity index (χ2v) is 13.1. The van der Waals surface area contributed by atoms with Gasteiger partial charge in [-0.15, -0.1) is 0 Å². The van der Waals surface area contributed by atoms with Crippen molar-refractivity contribution in [2.75, 3.05) is 7.05 Å². The quantitative estimate of drug-likeness (QED) is 0.437. The van der Waals surface area contributed by atoms with Gasteiger partial charge in [-0.05, 0) is 61.7 Å². The number of hydrogen-bond donors (Lipinski definition) is 1. The summed E-state index contributed by atoms with van der Waals surface area (Å²) in [7, 11) is -8.02. The maximum atomic E-state index is 13.8. The molecule has 0 saturated heterocycles. The number of carboxylic acid groups (broad SMARTS) is 1. The van der Waals surface area contributed by atoms with Crippen molar-refractivity contribution in [1.29, 1.82) is 0 Å². The second-order valence-electron chi connectivity index (χ2n) is 8.68. The summed E-state index contributed by atoms with van der Waals surface area (Å²) in [5, 5.41) is 13.3. The number of aliphatic carboxylic acids is 1. The molecule has 1 N–H and O–H groups in total. The van der Waals surface area contributed by atoms with Crippen LogP contribution in [-0.2, 0) is 43.8 Å². The van der Waals surface area contributed by atoms with Crippen molar-refractivity contribution in [2.45, 2.75) is 52.7 Å². The van der Waals surface area contributed by atoms with Crippen LogP contribution in [0.1, 0.15) is 35.7 Å². The summed E-state index contributed by atoms with van der Waals surface area (Å²) < 4.78 is 96.9. The van der Waals surface area contributed by atoms with E-state index in [1.165, 1.54) is 30.1 Å². The number of nitrogens with zero attached hydrogens (tertiary/aromatic N) is 3. The molecule has 0 amide bonds. The molecule has 4 rings (SSSR count).